The van der Waals surface area contributed by atoms with Crippen molar-refractivity contribution in [3.63, 3.8) is 0 Å². The Morgan fingerprint density at radius 1 is 1.35 bits per heavy atom. The predicted molar refractivity (Wildman–Crippen MR) is 59.9 cm³/mol. The van der Waals surface area contributed by atoms with E-state index in [9.17, 15) is 14.4 Å². The number of rotatable bonds is 2. The second-order valence-corrected chi connectivity index (χ2v) is 3.74. The largest absolute Gasteiger partial charge is 0.480 e. The summed E-state index contributed by atoms with van der Waals surface area (Å²) in [5.74, 6) is -4.30. The van der Waals surface area contributed by atoms with E-state index in [0.29, 0.717) is 17.8 Å². The van der Waals surface area contributed by atoms with Crippen molar-refractivity contribution in [3.8, 4) is 0 Å². The van der Waals surface area contributed by atoms with E-state index in [2.05, 4.69) is 0 Å². The maximum Gasteiger partial charge on any atom is 0.324 e. The Balaban J connectivity index is 2.61. The first-order chi connectivity index (χ1) is 8.07. The van der Waals surface area contributed by atoms with Crippen LogP contribution in [0, 0.1) is 5.92 Å². The molecule has 0 radical (unpaired) electrons. The second-order valence-electron chi connectivity index (χ2n) is 3.74. The van der Waals surface area contributed by atoms with Crippen LogP contribution in [-0.4, -0.2) is 29.3 Å². The van der Waals surface area contributed by atoms with Gasteiger partial charge in [0.05, 0.1) is 5.69 Å². The molecule has 0 saturated carbocycles. The molecular formula is C12H11NO4. The summed E-state index contributed by atoms with van der Waals surface area (Å²) >= 11 is 0. The highest BCUT2D eigenvalue weighted by atomic mass is 16.4. The number of hydrogen-bond donors (Lipinski definition) is 1. The van der Waals surface area contributed by atoms with E-state index in [1.165, 1.54) is 4.90 Å². The molecule has 0 aromatic heterocycles. The molecule has 1 amide bonds. The minimum atomic E-state index is -1.61. The van der Waals surface area contributed by atoms with E-state index < -0.39 is 23.6 Å². The van der Waals surface area contributed by atoms with Gasteiger partial charge in [0.25, 0.3) is 0 Å². The fraction of sp³-hybridized carbons (Fsp3) is 0.250. The third-order valence-electron chi connectivity index (χ3n) is 2.80. The molecule has 0 spiro atoms. The summed E-state index contributed by atoms with van der Waals surface area (Å²) in [7, 11) is 0. The number of carbonyl (C=O) groups excluding carboxylic acids is 2. The molecule has 0 bridgehead atoms. The van der Waals surface area contributed by atoms with Crippen LogP contribution in [0.1, 0.15) is 17.3 Å². The summed E-state index contributed by atoms with van der Waals surface area (Å²) in [6.45, 7) is 2.08. The lowest BCUT2D eigenvalue weighted by Gasteiger charge is -2.30. The van der Waals surface area contributed by atoms with Gasteiger partial charge in [0, 0.05) is 12.1 Å². The van der Waals surface area contributed by atoms with Crippen LogP contribution in [0.15, 0.2) is 24.3 Å². The molecule has 0 unspecified atom stereocenters. The summed E-state index contributed by atoms with van der Waals surface area (Å²) < 4.78 is 0. The SMILES string of the molecule is CCN1C(=O)[C@@H](C(=O)O)C(=O)c2ccccc21. The van der Waals surface area contributed by atoms with Gasteiger partial charge in [-0.2, -0.15) is 0 Å². The van der Waals surface area contributed by atoms with Crippen molar-refractivity contribution >= 4 is 23.3 Å². The third-order valence-corrected chi connectivity index (χ3v) is 2.80. The van der Waals surface area contributed by atoms with Crippen LogP contribution >= 0.6 is 0 Å². The smallest absolute Gasteiger partial charge is 0.324 e. The van der Waals surface area contributed by atoms with Gasteiger partial charge in [-0.15, -0.1) is 0 Å². The zero-order valence-corrected chi connectivity index (χ0v) is 9.21. The zero-order chi connectivity index (χ0) is 12.6. The van der Waals surface area contributed by atoms with Gasteiger partial charge in [-0.25, -0.2) is 0 Å². The van der Waals surface area contributed by atoms with Gasteiger partial charge in [0.15, 0.2) is 11.7 Å². The molecule has 1 aliphatic heterocycles. The summed E-state index contributed by atoms with van der Waals surface area (Å²) in [6.07, 6.45) is 0. The van der Waals surface area contributed by atoms with Gasteiger partial charge in [0.2, 0.25) is 5.91 Å². The standard InChI is InChI=1S/C12H11NO4/c1-2-13-8-6-4-3-5-7(8)10(14)9(11(13)15)12(16)17/h3-6,9H,2H2,1H3,(H,16,17)/t9-/m0/s1. The van der Waals surface area contributed by atoms with Crippen molar-refractivity contribution in [2.75, 3.05) is 11.4 Å². The molecule has 5 nitrogen and oxygen atoms in total. The van der Waals surface area contributed by atoms with E-state index in [0.717, 1.165) is 0 Å². The Morgan fingerprint density at radius 3 is 2.59 bits per heavy atom. The fourth-order valence-electron chi connectivity index (χ4n) is 2.00. The molecule has 0 aliphatic carbocycles. The monoisotopic (exact) mass is 233 g/mol. The molecule has 1 aromatic carbocycles. The van der Waals surface area contributed by atoms with Crippen molar-refractivity contribution in [1.82, 2.24) is 0 Å². The van der Waals surface area contributed by atoms with Gasteiger partial charge in [-0.1, -0.05) is 12.1 Å². The van der Waals surface area contributed by atoms with Crippen molar-refractivity contribution in [2.45, 2.75) is 6.92 Å². The molecule has 0 saturated heterocycles. The Morgan fingerprint density at radius 2 is 2.00 bits per heavy atom. The fourth-order valence-corrected chi connectivity index (χ4v) is 2.00. The Labute approximate surface area is 97.7 Å². The number of hydrogen-bond acceptors (Lipinski definition) is 3. The van der Waals surface area contributed by atoms with Crippen molar-refractivity contribution in [1.29, 1.82) is 0 Å². The molecule has 1 heterocycles. The summed E-state index contributed by atoms with van der Waals surface area (Å²) in [4.78, 5) is 36.1. The van der Waals surface area contributed by atoms with Crippen LogP contribution in [0.5, 0.6) is 0 Å². The van der Waals surface area contributed by atoms with Crippen LogP contribution in [-0.2, 0) is 9.59 Å². The van der Waals surface area contributed by atoms with E-state index in [-0.39, 0.29) is 0 Å². The van der Waals surface area contributed by atoms with Gasteiger partial charge in [0.1, 0.15) is 0 Å². The van der Waals surface area contributed by atoms with Crippen LogP contribution in [0.2, 0.25) is 0 Å². The lowest BCUT2D eigenvalue weighted by molar-refractivity contribution is -0.144. The number of ketones is 1. The molecular weight excluding hydrogens is 222 g/mol. The number of anilines is 1. The van der Waals surface area contributed by atoms with E-state index >= 15 is 0 Å². The first kappa shape index (κ1) is 11.3. The lowest BCUT2D eigenvalue weighted by Crippen LogP contribution is -2.47. The average Bonchev–Trinajstić information content (AvgIpc) is 2.29. The molecule has 5 heteroatoms. The number of carboxylic acids is 1. The molecule has 1 aromatic rings. The van der Waals surface area contributed by atoms with Gasteiger partial charge in [-0.3, -0.25) is 14.4 Å². The summed E-state index contributed by atoms with van der Waals surface area (Å²) in [5.41, 5.74) is 0.781. The van der Waals surface area contributed by atoms with Crippen molar-refractivity contribution < 1.29 is 19.5 Å². The number of amides is 1. The number of benzene rings is 1. The molecule has 0 fully saturated rings. The molecule has 1 N–H and O–H groups in total. The number of nitrogens with zero attached hydrogens (tertiary/aromatic N) is 1. The summed E-state index contributed by atoms with van der Waals surface area (Å²) in [5, 5.41) is 8.95. The molecule has 1 atom stereocenters. The highest BCUT2D eigenvalue weighted by Crippen LogP contribution is 2.30. The average molecular weight is 233 g/mol. The van der Waals surface area contributed by atoms with Crippen LogP contribution in [0.25, 0.3) is 0 Å². The minimum Gasteiger partial charge on any atom is -0.480 e. The van der Waals surface area contributed by atoms with E-state index in [4.69, 9.17) is 5.11 Å². The topological polar surface area (TPSA) is 74.7 Å². The first-order valence-corrected chi connectivity index (χ1v) is 5.25. The van der Waals surface area contributed by atoms with Gasteiger partial charge < -0.3 is 10.0 Å². The number of carbonyl (C=O) groups is 3. The normalized spacial score (nSPS) is 19.1. The van der Waals surface area contributed by atoms with Crippen LogP contribution in [0.3, 0.4) is 0 Å². The first-order valence-electron chi connectivity index (χ1n) is 5.25. The number of carboxylic acid groups (broad SMARTS) is 1. The van der Waals surface area contributed by atoms with Crippen molar-refractivity contribution in [3.05, 3.63) is 29.8 Å². The maximum absolute atomic E-state index is 11.9. The van der Waals surface area contributed by atoms with Crippen molar-refractivity contribution in [2.24, 2.45) is 5.92 Å². The quantitative estimate of drug-likeness (QED) is 0.771. The molecule has 2 rings (SSSR count). The Bertz CT molecular complexity index is 509. The maximum atomic E-state index is 11.9. The highest BCUT2D eigenvalue weighted by molar-refractivity contribution is 6.29. The molecule has 17 heavy (non-hydrogen) atoms. The third kappa shape index (κ3) is 1.60. The second kappa shape index (κ2) is 4.01. The number of para-hydroxylation sites is 1. The van der Waals surface area contributed by atoms with Crippen LogP contribution in [0.4, 0.5) is 5.69 Å². The highest BCUT2D eigenvalue weighted by Gasteiger charge is 2.43. The van der Waals surface area contributed by atoms with Gasteiger partial charge >= 0.3 is 5.97 Å². The number of Topliss-reactive ketones (excluding diaryl/α,β-unsaturated/α-hetero) is 1. The Hall–Kier alpha value is -2.17. The minimum absolute atomic E-state index is 0.293. The molecule has 1 aliphatic rings. The zero-order valence-electron chi connectivity index (χ0n) is 9.21. The number of fused-ring (bicyclic) bond motifs is 1. The summed E-state index contributed by atoms with van der Waals surface area (Å²) in [6, 6.07) is 6.55. The van der Waals surface area contributed by atoms with E-state index in [1.54, 1.807) is 31.2 Å². The van der Waals surface area contributed by atoms with Crippen LogP contribution < -0.4 is 4.90 Å². The van der Waals surface area contributed by atoms with E-state index in [1.807, 2.05) is 0 Å². The molecule has 88 valence electrons. The predicted octanol–water partition coefficient (Wildman–Crippen LogP) is 0.937. The Kier molecular flexibility index (Phi) is 2.67. The lowest BCUT2D eigenvalue weighted by atomic mass is 9.90. The van der Waals surface area contributed by atoms with Gasteiger partial charge in [-0.05, 0) is 19.1 Å². The number of aliphatic carboxylic acids is 1.